The van der Waals surface area contributed by atoms with Crippen LogP contribution in [0.1, 0.15) is 34.6 Å². The summed E-state index contributed by atoms with van der Waals surface area (Å²) in [6.45, 7) is 13.1. The smallest absolute Gasteiger partial charge is 0.0558 e. The summed E-state index contributed by atoms with van der Waals surface area (Å²) in [6.07, 6.45) is 0. The van der Waals surface area contributed by atoms with Crippen molar-refractivity contribution in [3.8, 4) is 0 Å². The van der Waals surface area contributed by atoms with Gasteiger partial charge in [-0.2, -0.15) is 12.6 Å². The molecular formula is C12H27NOS. The van der Waals surface area contributed by atoms with Crippen molar-refractivity contribution < 1.29 is 5.11 Å². The van der Waals surface area contributed by atoms with Crippen LogP contribution in [-0.4, -0.2) is 41.5 Å². The number of aliphatic hydroxyl groups is 1. The summed E-state index contributed by atoms with van der Waals surface area (Å²) >= 11 is 4.43. The molecule has 0 aromatic carbocycles. The molecule has 0 fully saturated rings. The van der Waals surface area contributed by atoms with E-state index in [2.05, 4.69) is 52.1 Å². The third-order valence-electron chi connectivity index (χ3n) is 3.02. The highest BCUT2D eigenvalue weighted by Crippen LogP contribution is 2.28. The summed E-state index contributed by atoms with van der Waals surface area (Å²) in [5, 5.41) is 9.01. The van der Waals surface area contributed by atoms with Crippen LogP contribution in [0.3, 0.4) is 0 Å². The highest BCUT2D eigenvalue weighted by molar-refractivity contribution is 7.80. The monoisotopic (exact) mass is 233 g/mol. The fourth-order valence-electron chi connectivity index (χ4n) is 1.58. The SMILES string of the molecule is CC(C)N(CCO)CC(CS)C(C)(C)C. The molecule has 0 spiro atoms. The molecule has 0 aliphatic rings. The molecule has 92 valence electrons. The quantitative estimate of drug-likeness (QED) is 0.688. The number of hydrogen-bond donors (Lipinski definition) is 2. The molecule has 0 amide bonds. The van der Waals surface area contributed by atoms with Gasteiger partial charge in [-0.05, 0) is 30.9 Å². The minimum atomic E-state index is 0.238. The van der Waals surface area contributed by atoms with Crippen LogP contribution in [0.5, 0.6) is 0 Å². The van der Waals surface area contributed by atoms with E-state index in [-0.39, 0.29) is 12.0 Å². The van der Waals surface area contributed by atoms with Crippen LogP contribution in [0.15, 0.2) is 0 Å². The predicted molar refractivity (Wildman–Crippen MR) is 70.6 cm³/mol. The Morgan fingerprint density at radius 1 is 1.27 bits per heavy atom. The van der Waals surface area contributed by atoms with Crippen LogP contribution in [0.4, 0.5) is 0 Å². The minimum absolute atomic E-state index is 0.238. The maximum Gasteiger partial charge on any atom is 0.0558 e. The Morgan fingerprint density at radius 3 is 2.07 bits per heavy atom. The molecule has 1 unspecified atom stereocenters. The van der Waals surface area contributed by atoms with Crippen LogP contribution in [0.25, 0.3) is 0 Å². The third-order valence-corrected chi connectivity index (χ3v) is 3.46. The average Bonchev–Trinajstić information content (AvgIpc) is 2.09. The van der Waals surface area contributed by atoms with E-state index in [1.165, 1.54) is 0 Å². The lowest BCUT2D eigenvalue weighted by Gasteiger charge is -2.36. The fraction of sp³-hybridized carbons (Fsp3) is 1.00. The highest BCUT2D eigenvalue weighted by atomic mass is 32.1. The van der Waals surface area contributed by atoms with Gasteiger partial charge in [0.05, 0.1) is 6.61 Å². The Balaban J connectivity index is 4.35. The van der Waals surface area contributed by atoms with Crippen LogP contribution >= 0.6 is 12.6 Å². The van der Waals surface area contributed by atoms with Gasteiger partial charge in [-0.3, -0.25) is 4.90 Å². The summed E-state index contributed by atoms with van der Waals surface area (Å²) in [6, 6.07) is 0.488. The van der Waals surface area contributed by atoms with Gasteiger partial charge in [-0.15, -0.1) is 0 Å². The van der Waals surface area contributed by atoms with E-state index in [9.17, 15) is 0 Å². The van der Waals surface area contributed by atoms with Gasteiger partial charge in [-0.25, -0.2) is 0 Å². The molecule has 0 aromatic heterocycles. The number of aliphatic hydroxyl groups excluding tert-OH is 1. The molecular weight excluding hydrogens is 206 g/mol. The summed E-state index contributed by atoms with van der Waals surface area (Å²) in [4.78, 5) is 2.33. The second-order valence-corrected chi connectivity index (χ2v) is 5.92. The van der Waals surface area contributed by atoms with Crippen molar-refractivity contribution in [1.82, 2.24) is 4.90 Å². The molecule has 1 N–H and O–H groups in total. The van der Waals surface area contributed by atoms with Gasteiger partial charge in [0.2, 0.25) is 0 Å². The van der Waals surface area contributed by atoms with Gasteiger partial charge in [0.1, 0.15) is 0 Å². The Morgan fingerprint density at radius 2 is 1.80 bits per heavy atom. The van der Waals surface area contributed by atoms with Crippen molar-refractivity contribution in [2.75, 3.05) is 25.4 Å². The standard InChI is InChI=1S/C12H27NOS/c1-10(2)13(6-7-14)8-11(9-15)12(3,4)5/h10-11,14-15H,6-9H2,1-5H3. The van der Waals surface area contributed by atoms with Gasteiger partial charge >= 0.3 is 0 Å². The van der Waals surface area contributed by atoms with E-state index in [0.29, 0.717) is 12.0 Å². The molecule has 0 saturated carbocycles. The van der Waals surface area contributed by atoms with Crippen molar-refractivity contribution in [2.45, 2.75) is 40.7 Å². The molecule has 0 radical (unpaired) electrons. The molecule has 0 aliphatic carbocycles. The zero-order valence-electron chi connectivity index (χ0n) is 10.8. The lowest BCUT2D eigenvalue weighted by molar-refractivity contribution is 0.114. The molecule has 3 heteroatoms. The van der Waals surface area contributed by atoms with E-state index >= 15 is 0 Å². The molecule has 2 nitrogen and oxygen atoms in total. The van der Waals surface area contributed by atoms with Crippen molar-refractivity contribution in [3.63, 3.8) is 0 Å². The van der Waals surface area contributed by atoms with Gasteiger partial charge in [0.15, 0.2) is 0 Å². The number of hydrogen-bond acceptors (Lipinski definition) is 3. The molecule has 0 saturated heterocycles. The average molecular weight is 233 g/mol. The number of thiol groups is 1. The van der Waals surface area contributed by atoms with Crippen molar-refractivity contribution >= 4 is 12.6 Å². The van der Waals surface area contributed by atoms with Gasteiger partial charge in [0, 0.05) is 19.1 Å². The van der Waals surface area contributed by atoms with E-state index in [4.69, 9.17) is 5.11 Å². The summed E-state index contributed by atoms with van der Waals surface area (Å²) < 4.78 is 0. The topological polar surface area (TPSA) is 23.5 Å². The first-order valence-electron chi connectivity index (χ1n) is 5.78. The van der Waals surface area contributed by atoms with Crippen molar-refractivity contribution in [1.29, 1.82) is 0 Å². The van der Waals surface area contributed by atoms with Crippen molar-refractivity contribution in [3.05, 3.63) is 0 Å². The van der Waals surface area contributed by atoms with E-state index in [0.717, 1.165) is 18.8 Å². The predicted octanol–water partition coefficient (Wildman–Crippen LogP) is 2.28. The first-order chi connectivity index (χ1) is 6.82. The van der Waals surface area contributed by atoms with E-state index < -0.39 is 0 Å². The third kappa shape index (κ3) is 5.79. The first-order valence-corrected chi connectivity index (χ1v) is 6.42. The summed E-state index contributed by atoms with van der Waals surface area (Å²) in [5.74, 6) is 1.47. The number of nitrogens with zero attached hydrogens (tertiary/aromatic N) is 1. The molecule has 0 rings (SSSR count). The van der Waals surface area contributed by atoms with Crippen LogP contribution in [-0.2, 0) is 0 Å². The maximum absolute atomic E-state index is 9.01. The van der Waals surface area contributed by atoms with Gasteiger partial charge < -0.3 is 5.11 Å². The normalized spacial score (nSPS) is 15.0. The molecule has 15 heavy (non-hydrogen) atoms. The van der Waals surface area contributed by atoms with Crippen LogP contribution in [0, 0.1) is 11.3 Å². The lowest BCUT2D eigenvalue weighted by atomic mass is 9.81. The molecule has 1 atom stereocenters. The van der Waals surface area contributed by atoms with Crippen LogP contribution < -0.4 is 0 Å². The second-order valence-electron chi connectivity index (χ2n) is 5.56. The summed E-state index contributed by atoms with van der Waals surface area (Å²) in [5.41, 5.74) is 0.282. The Hall–Kier alpha value is 0.270. The number of rotatable bonds is 6. The Labute approximate surface area is 100 Å². The zero-order valence-corrected chi connectivity index (χ0v) is 11.7. The Kier molecular flexibility index (Phi) is 6.89. The van der Waals surface area contributed by atoms with E-state index in [1.807, 2.05) is 0 Å². The molecule has 0 bridgehead atoms. The lowest BCUT2D eigenvalue weighted by Crippen LogP contribution is -2.41. The van der Waals surface area contributed by atoms with Gasteiger partial charge in [-0.1, -0.05) is 20.8 Å². The first kappa shape index (κ1) is 15.3. The van der Waals surface area contributed by atoms with Gasteiger partial charge in [0.25, 0.3) is 0 Å². The Bertz CT molecular complexity index is 165. The van der Waals surface area contributed by atoms with Crippen molar-refractivity contribution in [2.24, 2.45) is 11.3 Å². The second kappa shape index (κ2) is 6.77. The summed E-state index contributed by atoms with van der Waals surface area (Å²) in [7, 11) is 0. The maximum atomic E-state index is 9.01. The minimum Gasteiger partial charge on any atom is -0.395 e. The molecule has 0 aromatic rings. The zero-order chi connectivity index (χ0) is 12.1. The van der Waals surface area contributed by atoms with E-state index in [1.54, 1.807) is 0 Å². The highest BCUT2D eigenvalue weighted by Gasteiger charge is 2.26. The van der Waals surface area contributed by atoms with Crippen LogP contribution in [0.2, 0.25) is 0 Å². The fourth-order valence-corrected chi connectivity index (χ4v) is 2.24. The molecule has 0 aliphatic heterocycles. The largest absolute Gasteiger partial charge is 0.395 e. The molecule has 0 heterocycles.